The van der Waals surface area contributed by atoms with Crippen LogP contribution in [0.1, 0.15) is 0 Å². The quantitative estimate of drug-likeness (QED) is 0.261. The van der Waals surface area contributed by atoms with E-state index in [0.29, 0.717) is 0 Å². The molecule has 0 aromatic carbocycles. The molecule has 0 unspecified atom stereocenters. The molecule has 0 aromatic rings. The van der Waals surface area contributed by atoms with E-state index in [1.54, 1.807) is 0 Å². The van der Waals surface area contributed by atoms with E-state index in [4.69, 9.17) is 15.3 Å². The molecule has 8 heavy (non-hydrogen) atoms. The van der Waals surface area contributed by atoms with Gasteiger partial charge in [-0.2, -0.15) is 0 Å². The van der Waals surface area contributed by atoms with Crippen LogP contribution in [-0.2, 0) is 22.4 Å². The van der Waals surface area contributed by atoms with E-state index >= 15 is 0 Å². The predicted molar refractivity (Wildman–Crippen MR) is 15.4 cm³/mol. The molecule has 50 valence electrons. The molecule has 0 spiro atoms. The molecule has 3 N–H and O–H groups in total. The normalized spacial score (nSPS) is 3.00. The zero-order valence-electron chi connectivity index (χ0n) is 4.06. The third-order valence-corrected chi connectivity index (χ3v) is 0. The van der Waals surface area contributed by atoms with Crippen LogP contribution >= 0.6 is 0 Å². The minimum Gasteiger partial charge on any atom is -1.00 e. The number of rotatable bonds is 0. The summed E-state index contributed by atoms with van der Waals surface area (Å²) in [5.41, 5.74) is 0. The maximum absolute atomic E-state index is 8.25. The summed E-state index contributed by atoms with van der Waals surface area (Å²) in [7, 11) is 0. The molecule has 0 saturated carbocycles. The van der Waals surface area contributed by atoms with E-state index in [-0.39, 0.29) is 70.5 Å². The Morgan fingerprint density at radius 3 is 1.25 bits per heavy atom. The first kappa shape index (κ1) is 35.1. The van der Waals surface area contributed by atoms with Crippen LogP contribution in [0.25, 0.3) is 0 Å². The summed E-state index contributed by atoms with van der Waals surface area (Å²) in [6, 6.07) is 0. The van der Waals surface area contributed by atoms with E-state index in [2.05, 4.69) is 0 Å². The SMILES string of the molecule is N.O=[N+]([O-])[O-].[Ag+].[Cl-].[Na+]. The zero-order chi connectivity index (χ0) is 3.58. The molecule has 0 aliphatic rings. The second-order valence-corrected chi connectivity index (χ2v) is 0.224. The Morgan fingerprint density at radius 1 is 1.25 bits per heavy atom. The number of nitrogens with zero attached hydrogens (tertiary/aromatic N) is 1. The molecular weight excluding hydrogens is 242 g/mol. The van der Waals surface area contributed by atoms with Crippen molar-refractivity contribution in [3.05, 3.63) is 15.3 Å². The van der Waals surface area contributed by atoms with Crippen molar-refractivity contribution in [2.45, 2.75) is 0 Å². The van der Waals surface area contributed by atoms with Crippen LogP contribution < -0.4 is 48.1 Å². The number of halogens is 1. The van der Waals surface area contributed by atoms with Gasteiger partial charge in [-0.3, -0.25) is 0 Å². The van der Waals surface area contributed by atoms with Gasteiger partial charge >= 0.3 is 51.9 Å². The van der Waals surface area contributed by atoms with Crippen LogP contribution in [0.2, 0.25) is 0 Å². The van der Waals surface area contributed by atoms with Crippen LogP contribution in [0, 0.1) is 15.3 Å². The zero-order valence-corrected chi connectivity index (χ0v) is 8.30. The summed E-state index contributed by atoms with van der Waals surface area (Å²) in [4.78, 5) is 8.25. The van der Waals surface area contributed by atoms with Gasteiger partial charge in [-0.1, -0.05) is 0 Å². The van der Waals surface area contributed by atoms with Crippen molar-refractivity contribution < 1.29 is 69.4 Å². The molecule has 0 aliphatic heterocycles. The molecule has 0 rings (SSSR count). The minimum atomic E-state index is -1.75. The average molecular weight is 245 g/mol. The fourth-order valence-electron chi connectivity index (χ4n) is 0. The maximum atomic E-state index is 8.25. The van der Waals surface area contributed by atoms with Crippen LogP contribution in [-0.4, -0.2) is 5.09 Å². The Labute approximate surface area is 90.1 Å². The topological polar surface area (TPSA) is 101 Å². The second kappa shape index (κ2) is 24.1. The van der Waals surface area contributed by atoms with Gasteiger partial charge in [0.15, 0.2) is 0 Å². The smallest absolute Gasteiger partial charge is 1.00 e. The Kier molecular flexibility index (Phi) is 106. The Hall–Kier alpha value is 1.19. The molecule has 8 heteroatoms. The first-order valence-electron chi connectivity index (χ1n) is 0.548. The summed E-state index contributed by atoms with van der Waals surface area (Å²) in [6.45, 7) is 0. The van der Waals surface area contributed by atoms with E-state index < -0.39 is 5.09 Å². The molecule has 0 aromatic heterocycles. The Bertz CT molecular complexity index is 40.3. The van der Waals surface area contributed by atoms with Gasteiger partial charge in [-0.05, 0) is 0 Å². The van der Waals surface area contributed by atoms with Gasteiger partial charge in [0.25, 0.3) is 0 Å². The van der Waals surface area contributed by atoms with Crippen molar-refractivity contribution in [1.82, 2.24) is 6.15 Å². The molecule has 0 fully saturated rings. The number of hydrogen-bond acceptors (Lipinski definition) is 4. The molecule has 5 nitrogen and oxygen atoms in total. The van der Waals surface area contributed by atoms with Crippen molar-refractivity contribution in [2.24, 2.45) is 0 Å². The molecule has 0 heterocycles. The van der Waals surface area contributed by atoms with Crippen LogP contribution in [0.3, 0.4) is 0 Å². The molecular formula is H3AgClN2NaO3. The molecule has 0 bridgehead atoms. The van der Waals surface area contributed by atoms with E-state index in [1.165, 1.54) is 0 Å². The first-order chi connectivity index (χ1) is 1.73. The second-order valence-electron chi connectivity index (χ2n) is 0.224. The third kappa shape index (κ3) is 194. The van der Waals surface area contributed by atoms with E-state index in [9.17, 15) is 0 Å². The summed E-state index contributed by atoms with van der Waals surface area (Å²) >= 11 is 0. The van der Waals surface area contributed by atoms with Gasteiger partial charge in [0, 0.05) is 0 Å². The maximum Gasteiger partial charge on any atom is 1.00 e. The first-order valence-corrected chi connectivity index (χ1v) is 0.548. The van der Waals surface area contributed by atoms with Crippen LogP contribution in [0.15, 0.2) is 0 Å². The molecule has 0 amide bonds. The minimum absolute atomic E-state index is 0. The van der Waals surface area contributed by atoms with E-state index in [1.807, 2.05) is 0 Å². The van der Waals surface area contributed by atoms with Gasteiger partial charge in [0.1, 0.15) is 0 Å². The fourth-order valence-corrected chi connectivity index (χ4v) is 0. The van der Waals surface area contributed by atoms with Gasteiger partial charge in [0.05, 0.1) is 5.09 Å². The largest absolute Gasteiger partial charge is 1.00 e. The molecule has 0 atom stereocenters. The van der Waals surface area contributed by atoms with E-state index in [0.717, 1.165) is 0 Å². The number of hydrogen-bond donors (Lipinski definition) is 1. The summed E-state index contributed by atoms with van der Waals surface area (Å²) in [5, 5.41) is 14.8. The molecule has 0 saturated heterocycles. The summed E-state index contributed by atoms with van der Waals surface area (Å²) < 4.78 is 0. The van der Waals surface area contributed by atoms with Crippen LogP contribution in [0.5, 0.6) is 0 Å². The predicted octanol–water partition coefficient (Wildman–Crippen LogP) is -6.07. The summed E-state index contributed by atoms with van der Waals surface area (Å²) in [6.07, 6.45) is 0. The molecule has 0 radical (unpaired) electrons. The molecule has 0 aliphatic carbocycles. The average Bonchev–Trinajstić information content (AvgIpc) is 0.811. The van der Waals surface area contributed by atoms with Crippen molar-refractivity contribution in [3.8, 4) is 0 Å². The standard InChI is InChI=1S/Ag.ClH.NO3.H3N.Na/c;;2-1(3)4;;/h;1H;;1H3;/q+1;;-1;;+1/p-1. The Balaban J connectivity index is -0.00000000750. The van der Waals surface area contributed by atoms with Crippen molar-refractivity contribution >= 4 is 0 Å². The Morgan fingerprint density at radius 2 is 1.25 bits per heavy atom. The van der Waals surface area contributed by atoms with Gasteiger partial charge in [-0.25, -0.2) is 0 Å². The summed E-state index contributed by atoms with van der Waals surface area (Å²) in [5.74, 6) is 0. The van der Waals surface area contributed by atoms with Crippen LogP contribution in [0.4, 0.5) is 0 Å². The van der Waals surface area contributed by atoms with Gasteiger partial charge in [0.2, 0.25) is 0 Å². The van der Waals surface area contributed by atoms with Gasteiger partial charge in [-0.15, -0.1) is 0 Å². The monoisotopic (exact) mass is 244 g/mol. The van der Waals surface area contributed by atoms with Gasteiger partial charge < -0.3 is 33.9 Å². The fraction of sp³-hybridized carbons (Fsp3) is 0. The van der Waals surface area contributed by atoms with Crippen molar-refractivity contribution in [2.75, 3.05) is 0 Å². The third-order valence-electron chi connectivity index (χ3n) is 0. The van der Waals surface area contributed by atoms with Crippen molar-refractivity contribution in [3.63, 3.8) is 0 Å². The van der Waals surface area contributed by atoms with Crippen molar-refractivity contribution in [1.29, 1.82) is 0 Å².